The van der Waals surface area contributed by atoms with E-state index in [0.29, 0.717) is 17.8 Å². The number of nitrogens with zero attached hydrogens (tertiary/aromatic N) is 2. The summed E-state index contributed by atoms with van der Waals surface area (Å²) in [7, 11) is 0. The fourth-order valence-electron chi connectivity index (χ4n) is 2.05. The predicted octanol–water partition coefficient (Wildman–Crippen LogP) is 2.35. The van der Waals surface area contributed by atoms with Crippen LogP contribution in [0.25, 0.3) is 11.1 Å². The molecule has 96 valence electrons. The summed E-state index contributed by atoms with van der Waals surface area (Å²) in [4.78, 5) is 4.24. The lowest BCUT2D eigenvalue weighted by atomic mass is 9.95. The van der Waals surface area contributed by atoms with Crippen LogP contribution in [0, 0.1) is 11.3 Å². The molecule has 0 saturated heterocycles. The lowest BCUT2D eigenvalue weighted by molar-refractivity contribution is 0.474. The van der Waals surface area contributed by atoms with Crippen molar-refractivity contribution >= 4 is 0 Å². The molecule has 1 heterocycles. The van der Waals surface area contributed by atoms with E-state index in [9.17, 15) is 10.4 Å². The molecule has 0 aliphatic rings. The molecule has 0 aliphatic heterocycles. The number of aryl methyl sites for hydroxylation is 1. The van der Waals surface area contributed by atoms with Crippen LogP contribution in [0.15, 0.2) is 30.5 Å². The van der Waals surface area contributed by atoms with Crippen molar-refractivity contribution in [2.45, 2.75) is 19.9 Å². The van der Waals surface area contributed by atoms with Crippen molar-refractivity contribution in [3.05, 3.63) is 47.3 Å². The SMILES string of the molecule is CCc1cc(O)ccc1-c1cnc(CN)cc1C#N. The van der Waals surface area contributed by atoms with Gasteiger partial charge in [-0.05, 0) is 35.7 Å². The molecular formula is C15H15N3O. The predicted molar refractivity (Wildman–Crippen MR) is 73.3 cm³/mol. The zero-order chi connectivity index (χ0) is 13.8. The van der Waals surface area contributed by atoms with Crippen molar-refractivity contribution in [2.75, 3.05) is 0 Å². The third kappa shape index (κ3) is 2.56. The second-order valence-corrected chi connectivity index (χ2v) is 4.23. The molecule has 0 fully saturated rings. The van der Waals surface area contributed by atoms with Crippen LogP contribution in [0.2, 0.25) is 0 Å². The van der Waals surface area contributed by atoms with Crippen molar-refractivity contribution in [3.8, 4) is 22.9 Å². The molecule has 0 aliphatic carbocycles. The molecule has 0 unspecified atom stereocenters. The molecule has 19 heavy (non-hydrogen) atoms. The van der Waals surface area contributed by atoms with Crippen LogP contribution >= 0.6 is 0 Å². The molecular weight excluding hydrogens is 238 g/mol. The van der Waals surface area contributed by atoms with E-state index in [1.54, 1.807) is 24.4 Å². The van der Waals surface area contributed by atoms with E-state index in [2.05, 4.69) is 11.1 Å². The summed E-state index contributed by atoms with van der Waals surface area (Å²) < 4.78 is 0. The summed E-state index contributed by atoms with van der Waals surface area (Å²) in [5.41, 5.74) is 9.46. The number of phenols is 1. The largest absolute Gasteiger partial charge is 0.508 e. The van der Waals surface area contributed by atoms with Crippen LogP contribution in [-0.2, 0) is 13.0 Å². The summed E-state index contributed by atoms with van der Waals surface area (Å²) in [6.07, 6.45) is 2.44. The number of hydrogen-bond acceptors (Lipinski definition) is 4. The van der Waals surface area contributed by atoms with Gasteiger partial charge < -0.3 is 10.8 Å². The second kappa shape index (κ2) is 5.51. The highest BCUT2D eigenvalue weighted by Gasteiger charge is 2.11. The molecule has 4 nitrogen and oxygen atoms in total. The van der Waals surface area contributed by atoms with Gasteiger partial charge in [-0.15, -0.1) is 0 Å². The number of benzene rings is 1. The zero-order valence-electron chi connectivity index (χ0n) is 10.7. The fourth-order valence-corrected chi connectivity index (χ4v) is 2.05. The summed E-state index contributed by atoms with van der Waals surface area (Å²) in [6.45, 7) is 2.32. The third-order valence-corrected chi connectivity index (χ3v) is 3.05. The van der Waals surface area contributed by atoms with Gasteiger partial charge in [0.1, 0.15) is 5.75 Å². The van der Waals surface area contributed by atoms with Gasteiger partial charge in [0, 0.05) is 18.3 Å². The molecule has 0 saturated carbocycles. The van der Waals surface area contributed by atoms with Gasteiger partial charge in [-0.3, -0.25) is 4.98 Å². The smallest absolute Gasteiger partial charge is 0.115 e. The van der Waals surface area contributed by atoms with Gasteiger partial charge in [0.2, 0.25) is 0 Å². The standard InChI is InChI=1S/C15H15N3O/c1-2-10-6-13(19)3-4-14(10)15-9-18-12(8-17)5-11(15)7-16/h3-6,9,19H,2,8,17H2,1H3. The first kappa shape index (κ1) is 13.1. The minimum Gasteiger partial charge on any atom is -0.508 e. The normalized spacial score (nSPS) is 10.2. The Hall–Kier alpha value is -2.38. The summed E-state index contributed by atoms with van der Waals surface area (Å²) in [6, 6.07) is 9.03. The van der Waals surface area contributed by atoms with Gasteiger partial charge in [-0.25, -0.2) is 0 Å². The van der Waals surface area contributed by atoms with Gasteiger partial charge in [0.15, 0.2) is 0 Å². The van der Waals surface area contributed by atoms with Gasteiger partial charge in [-0.1, -0.05) is 13.0 Å². The highest BCUT2D eigenvalue weighted by Crippen LogP contribution is 2.29. The zero-order valence-corrected chi connectivity index (χ0v) is 10.7. The molecule has 0 spiro atoms. The van der Waals surface area contributed by atoms with E-state index in [1.165, 1.54) is 0 Å². The Balaban J connectivity index is 2.62. The number of phenolic OH excluding ortho intramolecular Hbond substituents is 1. The van der Waals surface area contributed by atoms with Crippen molar-refractivity contribution in [1.82, 2.24) is 4.98 Å². The maximum absolute atomic E-state index is 9.53. The van der Waals surface area contributed by atoms with Gasteiger partial charge in [0.25, 0.3) is 0 Å². The molecule has 0 radical (unpaired) electrons. The minimum atomic E-state index is 0.227. The maximum atomic E-state index is 9.53. The maximum Gasteiger partial charge on any atom is 0.115 e. The molecule has 0 amide bonds. The minimum absolute atomic E-state index is 0.227. The monoisotopic (exact) mass is 253 g/mol. The Morgan fingerprint density at radius 3 is 2.74 bits per heavy atom. The lowest BCUT2D eigenvalue weighted by Gasteiger charge is -2.10. The summed E-state index contributed by atoms with van der Waals surface area (Å²) in [5.74, 6) is 0.227. The van der Waals surface area contributed by atoms with E-state index in [0.717, 1.165) is 23.1 Å². The second-order valence-electron chi connectivity index (χ2n) is 4.23. The molecule has 0 bridgehead atoms. The van der Waals surface area contributed by atoms with Crippen LogP contribution < -0.4 is 5.73 Å². The highest BCUT2D eigenvalue weighted by atomic mass is 16.3. The molecule has 2 aromatic rings. The van der Waals surface area contributed by atoms with Crippen LogP contribution in [0.4, 0.5) is 0 Å². The molecule has 4 heteroatoms. The summed E-state index contributed by atoms with van der Waals surface area (Å²) in [5, 5.41) is 18.8. The molecule has 1 aromatic carbocycles. The number of rotatable bonds is 3. The molecule has 0 atom stereocenters. The van der Waals surface area contributed by atoms with Crippen molar-refractivity contribution in [3.63, 3.8) is 0 Å². The number of nitriles is 1. The van der Waals surface area contributed by atoms with Crippen molar-refractivity contribution in [1.29, 1.82) is 5.26 Å². The Labute approximate surface area is 112 Å². The van der Waals surface area contributed by atoms with E-state index >= 15 is 0 Å². The van der Waals surface area contributed by atoms with Crippen molar-refractivity contribution in [2.24, 2.45) is 5.73 Å². The Morgan fingerprint density at radius 1 is 1.32 bits per heavy atom. The molecule has 1 aromatic heterocycles. The number of nitrogens with two attached hydrogens (primary N) is 1. The highest BCUT2D eigenvalue weighted by molar-refractivity contribution is 5.73. The van der Waals surface area contributed by atoms with E-state index in [4.69, 9.17) is 5.73 Å². The van der Waals surface area contributed by atoms with Crippen LogP contribution in [0.3, 0.4) is 0 Å². The summed E-state index contributed by atoms with van der Waals surface area (Å²) >= 11 is 0. The van der Waals surface area contributed by atoms with E-state index in [-0.39, 0.29) is 5.75 Å². The lowest BCUT2D eigenvalue weighted by Crippen LogP contribution is -2.01. The average molecular weight is 253 g/mol. The number of aromatic hydroxyl groups is 1. The topological polar surface area (TPSA) is 82.9 Å². The first-order valence-electron chi connectivity index (χ1n) is 6.11. The number of hydrogen-bond donors (Lipinski definition) is 2. The number of pyridine rings is 1. The first-order chi connectivity index (χ1) is 9.19. The number of aromatic nitrogens is 1. The van der Waals surface area contributed by atoms with Crippen LogP contribution in [-0.4, -0.2) is 10.1 Å². The molecule has 2 rings (SSSR count). The first-order valence-corrected chi connectivity index (χ1v) is 6.11. The van der Waals surface area contributed by atoms with Gasteiger partial charge in [-0.2, -0.15) is 5.26 Å². The Bertz CT molecular complexity index is 644. The van der Waals surface area contributed by atoms with E-state index in [1.807, 2.05) is 13.0 Å². The molecule has 3 N–H and O–H groups in total. The fraction of sp³-hybridized carbons (Fsp3) is 0.200. The van der Waals surface area contributed by atoms with Gasteiger partial charge in [0.05, 0.1) is 17.3 Å². The van der Waals surface area contributed by atoms with Crippen molar-refractivity contribution < 1.29 is 5.11 Å². The Kier molecular flexibility index (Phi) is 3.79. The van der Waals surface area contributed by atoms with E-state index < -0.39 is 0 Å². The van der Waals surface area contributed by atoms with Crippen LogP contribution in [0.5, 0.6) is 5.75 Å². The third-order valence-electron chi connectivity index (χ3n) is 3.05. The quantitative estimate of drug-likeness (QED) is 0.879. The Morgan fingerprint density at radius 2 is 2.11 bits per heavy atom. The van der Waals surface area contributed by atoms with Crippen LogP contribution in [0.1, 0.15) is 23.7 Å². The average Bonchev–Trinajstić information content (AvgIpc) is 2.46. The van der Waals surface area contributed by atoms with Gasteiger partial charge >= 0.3 is 0 Å².